The molecule has 42 heavy (non-hydrogen) atoms. The lowest BCUT2D eigenvalue weighted by atomic mass is 9.77. The molecule has 0 amide bonds. The zero-order chi connectivity index (χ0) is 29.5. The molecule has 0 aliphatic carbocycles. The van der Waals surface area contributed by atoms with Gasteiger partial charge in [0.2, 0.25) is 0 Å². The van der Waals surface area contributed by atoms with Crippen molar-refractivity contribution in [2.45, 2.75) is 44.4 Å². The molecule has 1 spiro atoms. The number of ether oxygens (including phenoxy) is 2. The molecule has 0 aromatic heterocycles. The van der Waals surface area contributed by atoms with E-state index in [0.717, 1.165) is 30.8 Å². The quantitative estimate of drug-likeness (QED) is 0.169. The van der Waals surface area contributed by atoms with Crippen LogP contribution in [0.3, 0.4) is 0 Å². The predicted molar refractivity (Wildman–Crippen MR) is 157 cm³/mol. The molecule has 2 aliphatic rings. The molecule has 1 N–H and O–H groups in total. The first-order valence-electron chi connectivity index (χ1n) is 14.2. The smallest absolute Gasteiger partial charge is 0.416 e. The van der Waals surface area contributed by atoms with Gasteiger partial charge in [-0.1, -0.05) is 50.5 Å². The van der Waals surface area contributed by atoms with Crippen molar-refractivity contribution in [3.8, 4) is 11.5 Å². The van der Waals surface area contributed by atoms with E-state index in [0.29, 0.717) is 39.4 Å². The van der Waals surface area contributed by atoms with Crippen LogP contribution in [0.5, 0.6) is 11.5 Å². The Labute approximate surface area is 242 Å². The highest BCUT2D eigenvalue weighted by Gasteiger charge is 2.53. The minimum Gasteiger partial charge on any atom is -0.456 e. The van der Waals surface area contributed by atoms with Crippen molar-refractivity contribution in [3.63, 3.8) is 0 Å². The van der Waals surface area contributed by atoms with Crippen LogP contribution in [0.15, 0.2) is 84.9 Å². The van der Waals surface area contributed by atoms with E-state index in [1.807, 2.05) is 30.3 Å². The molecule has 0 saturated carbocycles. The first kappa shape index (κ1) is 27.7. The normalized spacial score (nSPS) is 16.7. The Hall–Kier alpha value is -4.46. The van der Waals surface area contributed by atoms with Gasteiger partial charge < -0.3 is 19.7 Å². The maximum atomic E-state index is 13.3. The third-order valence-corrected chi connectivity index (χ3v) is 7.96. The van der Waals surface area contributed by atoms with Crippen molar-refractivity contribution in [3.05, 3.63) is 113 Å². The van der Waals surface area contributed by atoms with Crippen molar-refractivity contribution in [2.75, 3.05) is 23.8 Å². The molecule has 1 unspecified atom stereocenters. The van der Waals surface area contributed by atoms with Crippen molar-refractivity contribution < 1.29 is 27.4 Å². The number of benzene rings is 4. The summed E-state index contributed by atoms with van der Waals surface area (Å²) in [6, 6.07) is 23.5. The first-order valence-corrected chi connectivity index (χ1v) is 14.2. The van der Waals surface area contributed by atoms with Crippen LogP contribution in [-0.2, 0) is 16.5 Å². The summed E-state index contributed by atoms with van der Waals surface area (Å²) in [5.74, 6) is 0.644. The Bertz CT molecular complexity index is 1650. The number of rotatable bonds is 8. The fraction of sp³-hybridized carbons (Fsp3) is 0.265. The second kappa shape index (κ2) is 10.7. The summed E-state index contributed by atoms with van der Waals surface area (Å²) in [4.78, 5) is 15.4. The fourth-order valence-electron chi connectivity index (χ4n) is 5.82. The molecule has 1 atom stereocenters. The molecule has 4 aromatic carbocycles. The summed E-state index contributed by atoms with van der Waals surface area (Å²) in [5, 5.41) is 3.08. The Morgan fingerprint density at radius 2 is 1.62 bits per heavy atom. The van der Waals surface area contributed by atoms with Gasteiger partial charge in [0.15, 0.2) is 5.60 Å². The SMILES string of the molecule is CCCCCCN(C)c1ccc2c(c1)Oc1ccc(Nc3cccc(C(F)(F)F)c3)cc1C21OC(=O)c2ccccc21. The molecular weight excluding hydrogens is 541 g/mol. The summed E-state index contributed by atoms with van der Waals surface area (Å²) in [6.45, 7) is 3.10. The minimum atomic E-state index is -4.46. The summed E-state index contributed by atoms with van der Waals surface area (Å²) in [7, 11) is 2.05. The molecule has 6 rings (SSSR count). The van der Waals surface area contributed by atoms with E-state index in [1.54, 1.807) is 36.4 Å². The third kappa shape index (κ3) is 4.85. The number of unbranched alkanes of at least 4 members (excludes halogenated alkanes) is 3. The van der Waals surface area contributed by atoms with Gasteiger partial charge in [0.25, 0.3) is 0 Å². The lowest BCUT2D eigenvalue weighted by Crippen LogP contribution is -2.33. The third-order valence-electron chi connectivity index (χ3n) is 7.96. The van der Waals surface area contributed by atoms with Gasteiger partial charge in [-0.25, -0.2) is 4.79 Å². The van der Waals surface area contributed by atoms with Crippen LogP contribution in [0.4, 0.5) is 30.2 Å². The molecule has 0 radical (unpaired) electrons. The monoisotopic (exact) mass is 572 g/mol. The molecule has 0 bridgehead atoms. The largest absolute Gasteiger partial charge is 0.456 e. The van der Waals surface area contributed by atoms with Crippen LogP contribution in [0.2, 0.25) is 0 Å². The van der Waals surface area contributed by atoms with Gasteiger partial charge >= 0.3 is 12.1 Å². The number of halogens is 3. The van der Waals surface area contributed by atoms with Crippen LogP contribution in [0.25, 0.3) is 0 Å². The van der Waals surface area contributed by atoms with Gasteiger partial charge in [0, 0.05) is 53.4 Å². The number of fused-ring (bicyclic) bond motifs is 6. The Morgan fingerprint density at radius 1 is 0.810 bits per heavy atom. The number of carbonyl (C=O) groups excluding carboxylic acids is 1. The molecule has 0 saturated heterocycles. The number of hydrogen-bond donors (Lipinski definition) is 1. The summed E-state index contributed by atoms with van der Waals surface area (Å²) >= 11 is 0. The number of esters is 1. The van der Waals surface area contributed by atoms with E-state index < -0.39 is 23.3 Å². The maximum absolute atomic E-state index is 13.3. The van der Waals surface area contributed by atoms with Crippen molar-refractivity contribution in [1.29, 1.82) is 0 Å². The second-order valence-electron chi connectivity index (χ2n) is 10.8. The van der Waals surface area contributed by atoms with E-state index in [9.17, 15) is 18.0 Å². The molecule has 2 aliphatic heterocycles. The lowest BCUT2D eigenvalue weighted by molar-refractivity contribution is -0.137. The number of carbonyl (C=O) groups is 1. The summed E-state index contributed by atoms with van der Waals surface area (Å²) in [6.07, 6.45) is 0.175. The molecular formula is C34H31F3N2O3. The Morgan fingerprint density at radius 3 is 2.43 bits per heavy atom. The molecule has 216 valence electrons. The van der Waals surface area contributed by atoms with Gasteiger partial charge in [0.05, 0.1) is 11.1 Å². The van der Waals surface area contributed by atoms with Gasteiger partial charge in [-0.2, -0.15) is 13.2 Å². The van der Waals surface area contributed by atoms with Crippen LogP contribution in [0.1, 0.15) is 65.2 Å². The zero-order valence-corrected chi connectivity index (χ0v) is 23.4. The van der Waals surface area contributed by atoms with E-state index in [1.165, 1.54) is 25.3 Å². The standard InChI is InChI=1S/C34H31F3N2O3/c1-3-4-5-8-18-39(2)25-15-16-28-31(21-25)41-30-17-14-24(38-23-11-9-10-22(19-23)34(35,36)37)20-29(30)33(28)27-13-7-6-12-26(27)32(40)42-33/h6-7,9-17,19-21,38H,3-5,8,18H2,1-2H3. The minimum absolute atomic E-state index is 0.284. The van der Waals surface area contributed by atoms with E-state index >= 15 is 0 Å². The Kier molecular flexibility index (Phi) is 7.09. The fourth-order valence-corrected chi connectivity index (χ4v) is 5.82. The maximum Gasteiger partial charge on any atom is 0.416 e. The Balaban J connectivity index is 1.42. The predicted octanol–water partition coefficient (Wildman–Crippen LogP) is 9.03. The highest BCUT2D eigenvalue weighted by Crippen LogP contribution is 2.57. The van der Waals surface area contributed by atoms with Crippen molar-refractivity contribution in [2.24, 2.45) is 0 Å². The number of alkyl halides is 3. The zero-order valence-electron chi connectivity index (χ0n) is 23.4. The van der Waals surface area contributed by atoms with Gasteiger partial charge in [0.1, 0.15) is 11.5 Å². The molecule has 2 heterocycles. The summed E-state index contributed by atoms with van der Waals surface area (Å²) in [5.41, 5.74) is 2.21. The topological polar surface area (TPSA) is 50.8 Å². The number of nitrogens with zero attached hydrogens (tertiary/aromatic N) is 1. The van der Waals surface area contributed by atoms with E-state index in [4.69, 9.17) is 9.47 Å². The van der Waals surface area contributed by atoms with E-state index in [-0.39, 0.29) is 5.69 Å². The van der Waals surface area contributed by atoms with Crippen LogP contribution in [-0.4, -0.2) is 19.6 Å². The van der Waals surface area contributed by atoms with Crippen LogP contribution < -0.4 is 15.0 Å². The number of hydrogen-bond acceptors (Lipinski definition) is 5. The average Bonchev–Trinajstić information content (AvgIpc) is 3.28. The van der Waals surface area contributed by atoms with Crippen molar-refractivity contribution in [1.82, 2.24) is 0 Å². The van der Waals surface area contributed by atoms with Crippen LogP contribution in [0, 0.1) is 0 Å². The highest BCUT2D eigenvalue weighted by atomic mass is 19.4. The highest BCUT2D eigenvalue weighted by molar-refractivity contribution is 5.97. The summed E-state index contributed by atoms with van der Waals surface area (Å²) < 4.78 is 52.7. The molecule has 5 nitrogen and oxygen atoms in total. The molecule has 8 heteroatoms. The first-order chi connectivity index (χ1) is 20.2. The van der Waals surface area contributed by atoms with Gasteiger partial charge in [-0.3, -0.25) is 0 Å². The molecule has 4 aromatic rings. The average molecular weight is 573 g/mol. The van der Waals surface area contributed by atoms with Gasteiger partial charge in [-0.15, -0.1) is 0 Å². The lowest BCUT2D eigenvalue weighted by Gasteiger charge is -2.37. The van der Waals surface area contributed by atoms with Gasteiger partial charge in [-0.05, 0) is 61.0 Å². The van der Waals surface area contributed by atoms with E-state index in [2.05, 4.69) is 24.2 Å². The number of anilines is 3. The van der Waals surface area contributed by atoms with Crippen LogP contribution >= 0.6 is 0 Å². The van der Waals surface area contributed by atoms with Crippen molar-refractivity contribution >= 4 is 23.0 Å². The molecule has 0 fully saturated rings. The second-order valence-corrected chi connectivity index (χ2v) is 10.8. The number of nitrogens with one attached hydrogen (secondary N) is 1.